The van der Waals surface area contributed by atoms with Gasteiger partial charge in [-0.15, -0.1) is 11.3 Å². The van der Waals surface area contributed by atoms with Crippen LogP contribution in [0.15, 0.2) is 18.2 Å². The van der Waals surface area contributed by atoms with Crippen LogP contribution in [0.1, 0.15) is 22.2 Å². The summed E-state index contributed by atoms with van der Waals surface area (Å²) in [5.41, 5.74) is 0.958. The minimum Gasteiger partial charge on any atom is -0.297 e. The fourth-order valence-corrected chi connectivity index (χ4v) is 2.73. The van der Waals surface area contributed by atoms with E-state index in [0.29, 0.717) is 9.58 Å². The molecule has 2 aromatic rings. The zero-order valence-corrected chi connectivity index (χ0v) is 8.53. The Kier molecular flexibility index (Phi) is 2.33. The van der Waals surface area contributed by atoms with Gasteiger partial charge in [-0.05, 0) is 23.4 Å². The van der Waals surface area contributed by atoms with Crippen LogP contribution < -0.4 is 0 Å². The Morgan fingerprint density at radius 1 is 1.50 bits per heavy atom. The van der Waals surface area contributed by atoms with Crippen molar-refractivity contribution in [2.24, 2.45) is 0 Å². The third-order valence-electron chi connectivity index (χ3n) is 2.26. The molecule has 0 aliphatic rings. The van der Waals surface area contributed by atoms with Gasteiger partial charge in [0, 0.05) is 0 Å². The molecule has 0 unspecified atom stereocenters. The van der Waals surface area contributed by atoms with Gasteiger partial charge in [-0.1, -0.05) is 19.1 Å². The SMILES string of the molecule is CCc1c(C=O)sc2c(F)cccc12. The normalized spacial score (nSPS) is 10.7. The minimum absolute atomic E-state index is 0.240. The summed E-state index contributed by atoms with van der Waals surface area (Å²) in [4.78, 5) is 11.4. The van der Waals surface area contributed by atoms with E-state index < -0.39 is 0 Å². The highest BCUT2D eigenvalue weighted by Crippen LogP contribution is 2.32. The molecule has 0 aliphatic heterocycles. The number of aldehydes is 1. The highest BCUT2D eigenvalue weighted by molar-refractivity contribution is 7.20. The van der Waals surface area contributed by atoms with Crippen molar-refractivity contribution in [1.82, 2.24) is 0 Å². The van der Waals surface area contributed by atoms with Crippen molar-refractivity contribution < 1.29 is 9.18 Å². The molecule has 0 fully saturated rings. The zero-order chi connectivity index (χ0) is 10.1. The first kappa shape index (κ1) is 9.34. The van der Waals surface area contributed by atoms with Crippen molar-refractivity contribution >= 4 is 27.7 Å². The fraction of sp³-hybridized carbons (Fsp3) is 0.182. The maximum atomic E-state index is 13.3. The maximum absolute atomic E-state index is 13.3. The minimum atomic E-state index is -0.240. The summed E-state index contributed by atoms with van der Waals surface area (Å²) in [7, 11) is 0. The molecule has 0 saturated heterocycles. The van der Waals surface area contributed by atoms with Gasteiger partial charge in [0.15, 0.2) is 6.29 Å². The molecule has 72 valence electrons. The van der Waals surface area contributed by atoms with Gasteiger partial charge in [0.05, 0.1) is 9.58 Å². The lowest BCUT2D eigenvalue weighted by Gasteiger charge is -1.94. The Balaban J connectivity index is 2.86. The van der Waals surface area contributed by atoms with E-state index in [9.17, 15) is 9.18 Å². The molecule has 1 nitrogen and oxygen atoms in total. The quantitative estimate of drug-likeness (QED) is 0.691. The summed E-state index contributed by atoms with van der Waals surface area (Å²) < 4.78 is 13.9. The molecule has 0 spiro atoms. The van der Waals surface area contributed by atoms with Crippen molar-refractivity contribution in [2.75, 3.05) is 0 Å². The van der Waals surface area contributed by atoms with Gasteiger partial charge in [0.25, 0.3) is 0 Å². The first-order chi connectivity index (χ1) is 6.77. The predicted molar refractivity (Wildman–Crippen MR) is 56.5 cm³/mol. The van der Waals surface area contributed by atoms with Gasteiger partial charge >= 0.3 is 0 Å². The molecule has 0 bridgehead atoms. The Hall–Kier alpha value is -1.22. The molecule has 0 saturated carbocycles. The number of carbonyl (C=O) groups excluding carboxylic acids is 1. The third kappa shape index (κ3) is 1.24. The molecule has 0 N–H and O–H groups in total. The van der Waals surface area contributed by atoms with Crippen molar-refractivity contribution in [3.05, 3.63) is 34.5 Å². The van der Waals surface area contributed by atoms with Crippen LogP contribution in [0.3, 0.4) is 0 Å². The Labute approximate surface area is 85.2 Å². The van der Waals surface area contributed by atoms with E-state index in [2.05, 4.69) is 0 Å². The van der Waals surface area contributed by atoms with Crippen LogP contribution in [0.4, 0.5) is 4.39 Å². The van der Waals surface area contributed by atoms with E-state index in [1.165, 1.54) is 17.4 Å². The molecule has 0 aliphatic carbocycles. The van der Waals surface area contributed by atoms with Crippen molar-refractivity contribution in [3.63, 3.8) is 0 Å². The molecular weight excluding hydrogens is 199 g/mol. The van der Waals surface area contributed by atoms with E-state index in [1.807, 2.05) is 13.0 Å². The second kappa shape index (κ2) is 3.50. The summed E-state index contributed by atoms with van der Waals surface area (Å²) in [5.74, 6) is -0.240. The van der Waals surface area contributed by atoms with Gasteiger partial charge in [-0.25, -0.2) is 4.39 Å². The van der Waals surface area contributed by atoms with E-state index in [4.69, 9.17) is 0 Å². The topological polar surface area (TPSA) is 17.1 Å². The molecule has 3 heteroatoms. The highest BCUT2D eigenvalue weighted by atomic mass is 32.1. The lowest BCUT2D eigenvalue weighted by molar-refractivity contribution is 0.112. The number of fused-ring (bicyclic) bond motifs is 1. The summed E-state index contributed by atoms with van der Waals surface area (Å²) in [6, 6.07) is 4.96. The molecule has 1 heterocycles. The average Bonchev–Trinajstić information content (AvgIpc) is 2.57. The monoisotopic (exact) mass is 208 g/mol. The first-order valence-electron chi connectivity index (χ1n) is 4.43. The van der Waals surface area contributed by atoms with E-state index in [1.54, 1.807) is 6.07 Å². The summed E-state index contributed by atoms with van der Waals surface area (Å²) in [6.45, 7) is 1.97. The number of hydrogen-bond acceptors (Lipinski definition) is 2. The predicted octanol–water partition coefficient (Wildman–Crippen LogP) is 3.42. The van der Waals surface area contributed by atoms with E-state index in [0.717, 1.165) is 23.7 Å². The number of thiophene rings is 1. The average molecular weight is 208 g/mol. The molecule has 0 atom stereocenters. The van der Waals surface area contributed by atoms with Gasteiger partial charge in [0.1, 0.15) is 5.82 Å². The Morgan fingerprint density at radius 3 is 2.93 bits per heavy atom. The second-order valence-electron chi connectivity index (χ2n) is 3.03. The Morgan fingerprint density at radius 2 is 2.29 bits per heavy atom. The van der Waals surface area contributed by atoms with Crippen LogP contribution in [0.25, 0.3) is 10.1 Å². The second-order valence-corrected chi connectivity index (χ2v) is 4.08. The van der Waals surface area contributed by atoms with Crippen molar-refractivity contribution in [2.45, 2.75) is 13.3 Å². The van der Waals surface area contributed by atoms with Crippen LogP contribution in [0, 0.1) is 5.82 Å². The van der Waals surface area contributed by atoms with Crippen molar-refractivity contribution in [3.8, 4) is 0 Å². The third-order valence-corrected chi connectivity index (χ3v) is 3.44. The van der Waals surface area contributed by atoms with Gasteiger partial charge in [-0.3, -0.25) is 4.79 Å². The number of hydrogen-bond donors (Lipinski definition) is 0. The summed E-state index contributed by atoms with van der Waals surface area (Å²) >= 11 is 1.23. The van der Waals surface area contributed by atoms with E-state index >= 15 is 0 Å². The number of rotatable bonds is 2. The first-order valence-corrected chi connectivity index (χ1v) is 5.24. The number of benzene rings is 1. The number of carbonyl (C=O) groups is 1. The van der Waals surface area contributed by atoms with E-state index in [-0.39, 0.29) is 5.82 Å². The number of halogens is 1. The van der Waals surface area contributed by atoms with Gasteiger partial charge in [0.2, 0.25) is 0 Å². The van der Waals surface area contributed by atoms with Gasteiger partial charge in [-0.2, -0.15) is 0 Å². The van der Waals surface area contributed by atoms with Crippen LogP contribution in [-0.2, 0) is 6.42 Å². The standard InChI is InChI=1S/C11H9FOS/c1-2-7-8-4-3-5-9(12)11(8)14-10(7)6-13/h3-6H,2H2,1H3. The lowest BCUT2D eigenvalue weighted by atomic mass is 10.1. The van der Waals surface area contributed by atoms with Crippen molar-refractivity contribution in [1.29, 1.82) is 0 Å². The Bertz CT molecular complexity index is 487. The number of aryl methyl sites for hydroxylation is 1. The largest absolute Gasteiger partial charge is 0.297 e. The summed E-state index contributed by atoms with van der Waals surface area (Å²) in [5, 5.41) is 0.875. The van der Waals surface area contributed by atoms with Crippen LogP contribution >= 0.6 is 11.3 Å². The van der Waals surface area contributed by atoms with Crippen LogP contribution in [0.2, 0.25) is 0 Å². The molecule has 0 amide bonds. The smallest absolute Gasteiger partial charge is 0.160 e. The van der Waals surface area contributed by atoms with Crippen LogP contribution in [0.5, 0.6) is 0 Å². The maximum Gasteiger partial charge on any atom is 0.160 e. The fourth-order valence-electron chi connectivity index (χ4n) is 1.61. The molecule has 2 rings (SSSR count). The lowest BCUT2D eigenvalue weighted by Crippen LogP contribution is -1.83. The molecule has 14 heavy (non-hydrogen) atoms. The molecular formula is C11H9FOS. The zero-order valence-electron chi connectivity index (χ0n) is 7.71. The molecule has 0 radical (unpaired) electrons. The summed E-state index contributed by atoms with van der Waals surface area (Å²) in [6.07, 6.45) is 1.57. The van der Waals surface area contributed by atoms with Gasteiger partial charge < -0.3 is 0 Å². The van der Waals surface area contributed by atoms with Crippen LogP contribution in [-0.4, -0.2) is 6.29 Å². The highest BCUT2D eigenvalue weighted by Gasteiger charge is 2.12. The molecule has 1 aromatic heterocycles. The molecule has 1 aromatic carbocycles.